The first-order valence-corrected chi connectivity index (χ1v) is 6.96. The molecule has 20 heavy (non-hydrogen) atoms. The molecule has 1 unspecified atom stereocenters. The summed E-state index contributed by atoms with van der Waals surface area (Å²) in [5.74, 6) is 4.97. The predicted molar refractivity (Wildman–Crippen MR) is 79.0 cm³/mol. The minimum atomic E-state index is -0.306. The Hall–Kier alpha value is -1.30. The minimum Gasteiger partial charge on any atom is -0.271 e. The second-order valence-electron chi connectivity index (χ2n) is 4.72. The third kappa shape index (κ3) is 3.62. The van der Waals surface area contributed by atoms with Crippen LogP contribution in [0, 0.1) is 18.6 Å². The molecule has 5 heteroatoms. The van der Waals surface area contributed by atoms with Crippen LogP contribution in [0.15, 0.2) is 40.9 Å². The summed E-state index contributed by atoms with van der Waals surface area (Å²) in [6.07, 6.45) is 0.528. The highest BCUT2D eigenvalue weighted by molar-refractivity contribution is 9.10. The Bertz CT molecular complexity index is 597. The summed E-state index contributed by atoms with van der Waals surface area (Å²) in [6, 6.07) is 9.04. The Labute approximate surface area is 125 Å². The SMILES string of the molecule is Cc1cc(F)cc(C(Cc2ccc(F)cc2Br)NN)c1. The molecule has 0 aliphatic carbocycles. The van der Waals surface area contributed by atoms with Crippen molar-refractivity contribution in [3.8, 4) is 0 Å². The van der Waals surface area contributed by atoms with Crippen molar-refractivity contribution in [2.45, 2.75) is 19.4 Å². The summed E-state index contributed by atoms with van der Waals surface area (Å²) >= 11 is 3.32. The zero-order valence-corrected chi connectivity index (χ0v) is 12.5. The Morgan fingerprint density at radius 1 is 1.15 bits per heavy atom. The second kappa shape index (κ2) is 6.43. The van der Waals surface area contributed by atoms with Gasteiger partial charge in [-0.2, -0.15) is 0 Å². The monoisotopic (exact) mass is 340 g/mol. The molecule has 2 aromatic rings. The van der Waals surface area contributed by atoms with E-state index < -0.39 is 0 Å². The average Bonchev–Trinajstić information content (AvgIpc) is 2.36. The number of rotatable bonds is 4. The number of hydrogen-bond acceptors (Lipinski definition) is 2. The highest BCUT2D eigenvalue weighted by Crippen LogP contribution is 2.25. The zero-order chi connectivity index (χ0) is 14.7. The Balaban J connectivity index is 2.28. The molecule has 0 spiro atoms. The maximum absolute atomic E-state index is 13.5. The van der Waals surface area contributed by atoms with E-state index in [0.717, 1.165) is 16.7 Å². The summed E-state index contributed by atoms with van der Waals surface area (Å²) in [5.41, 5.74) is 5.18. The number of nitrogens with two attached hydrogens (primary N) is 1. The molecule has 0 saturated carbocycles. The summed E-state index contributed by atoms with van der Waals surface area (Å²) in [6.45, 7) is 1.83. The number of hydrazine groups is 1. The van der Waals surface area contributed by atoms with Crippen molar-refractivity contribution in [1.82, 2.24) is 5.43 Å². The zero-order valence-electron chi connectivity index (χ0n) is 11.0. The van der Waals surface area contributed by atoms with E-state index in [1.807, 2.05) is 13.0 Å². The first-order valence-electron chi connectivity index (χ1n) is 6.16. The lowest BCUT2D eigenvalue weighted by atomic mass is 9.98. The molecule has 0 aliphatic rings. The van der Waals surface area contributed by atoms with Crippen molar-refractivity contribution < 1.29 is 8.78 Å². The molecule has 2 rings (SSSR count). The maximum Gasteiger partial charge on any atom is 0.124 e. The Kier molecular flexibility index (Phi) is 4.86. The predicted octanol–water partition coefficient (Wildman–Crippen LogP) is 3.78. The molecule has 0 saturated heterocycles. The molecule has 3 N–H and O–H groups in total. The molecule has 0 bridgehead atoms. The van der Waals surface area contributed by atoms with Crippen LogP contribution in [0.5, 0.6) is 0 Å². The van der Waals surface area contributed by atoms with Crippen LogP contribution in [0.2, 0.25) is 0 Å². The standard InChI is InChI=1S/C15H15BrF2N2/c1-9-4-11(6-13(18)5-9)15(20-19)7-10-2-3-12(17)8-14(10)16/h2-6,8,15,20H,7,19H2,1H3. The number of aryl methyl sites for hydroxylation is 1. The van der Waals surface area contributed by atoms with Crippen molar-refractivity contribution in [2.24, 2.45) is 5.84 Å². The lowest BCUT2D eigenvalue weighted by molar-refractivity contribution is 0.542. The topological polar surface area (TPSA) is 38.0 Å². The number of nitrogens with one attached hydrogen (secondary N) is 1. The molecule has 2 nitrogen and oxygen atoms in total. The fraction of sp³-hybridized carbons (Fsp3) is 0.200. The highest BCUT2D eigenvalue weighted by Gasteiger charge is 2.14. The van der Waals surface area contributed by atoms with E-state index in [0.29, 0.717) is 10.9 Å². The number of benzene rings is 2. The van der Waals surface area contributed by atoms with Crippen LogP contribution in [0.3, 0.4) is 0 Å². The summed E-state index contributed by atoms with van der Waals surface area (Å²) < 4.78 is 27.2. The van der Waals surface area contributed by atoms with Gasteiger partial charge in [-0.05, 0) is 54.3 Å². The lowest BCUT2D eigenvalue weighted by Gasteiger charge is -2.18. The molecule has 0 aliphatic heterocycles. The van der Waals surface area contributed by atoms with Gasteiger partial charge in [0, 0.05) is 4.47 Å². The molecule has 0 heterocycles. The number of halogens is 3. The van der Waals surface area contributed by atoms with Gasteiger partial charge in [-0.15, -0.1) is 0 Å². The highest BCUT2D eigenvalue weighted by atomic mass is 79.9. The van der Waals surface area contributed by atoms with Gasteiger partial charge in [-0.1, -0.05) is 28.1 Å². The van der Waals surface area contributed by atoms with E-state index >= 15 is 0 Å². The van der Waals surface area contributed by atoms with E-state index in [2.05, 4.69) is 21.4 Å². The maximum atomic E-state index is 13.5. The van der Waals surface area contributed by atoms with Gasteiger partial charge in [0.1, 0.15) is 11.6 Å². The van der Waals surface area contributed by atoms with E-state index in [-0.39, 0.29) is 17.7 Å². The van der Waals surface area contributed by atoms with E-state index in [9.17, 15) is 8.78 Å². The van der Waals surface area contributed by atoms with Crippen LogP contribution in [0.25, 0.3) is 0 Å². The van der Waals surface area contributed by atoms with Gasteiger partial charge in [-0.25, -0.2) is 8.78 Å². The number of hydrogen-bond donors (Lipinski definition) is 2. The summed E-state index contributed by atoms with van der Waals surface area (Å²) in [4.78, 5) is 0. The fourth-order valence-corrected chi connectivity index (χ4v) is 2.66. The van der Waals surface area contributed by atoms with Gasteiger partial charge >= 0.3 is 0 Å². The van der Waals surface area contributed by atoms with Gasteiger partial charge in [0.15, 0.2) is 0 Å². The molecular formula is C15H15BrF2N2. The van der Waals surface area contributed by atoms with Crippen molar-refractivity contribution in [2.75, 3.05) is 0 Å². The van der Waals surface area contributed by atoms with Crippen molar-refractivity contribution in [3.05, 3.63) is 69.2 Å². The van der Waals surface area contributed by atoms with E-state index in [1.54, 1.807) is 6.07 Å². The van der Waals surface area contributed by atoms with E-state index in [4.69, 9.17) is 5.84 Å². The molecule has 0 radical (unpaired) electrons. The van der Waals surface area contributed by atoms with Gasteiger partial charge in [0.25, 0.3) is 0 Å². The quantitative estimate of drug-likeness (QED) is 0.656. The van der Waals surface area contributed by atoms with Gasteiger partial charge in [0.2, 0.25) is 0 Å². The first-order chi connectivity index (χ1) is 9.49. The molecule has 106 valence electrons. The van der Waals surface area contributed by atoms with Crippen LogP contribution in [-0.4, -0.2) is 0 Å². The average molecular weight is 341 g/mol. The van der Waals surface area contributed by atoms with Crippen molar-refractivity contribution in [1.29, 1.82) is 0 Å². The third-order valence-electron chi connectivity index (χ3n) is 3.11. The Morgan fingerprint density at radius 3 is 2.50 bits per heavy atom. The van der Waals surface area contributed by atoms with Gasteiger partial charge in [-0.3, -0.25) is 11.3 Å². The van der Waals surface area contributed by atoms with Crippen molar-refractivity contribution >= 4 is 15.9 Å². The summed E-state index contributed by atoms with van der Waals surface area (Å²) in [7, 11) is 0. The minimum absolute atomic E-state index is 0.244. The molecule has 1 atom stereocenters. The largest absolute Gasteiger partial charge is 0.271 e. The lowest BCUT2D eigenvalue weighted by Crippen LogP contribution is -2.29. The normalized spacial score (nSPS) is 12.4. The van der Waals surface area contributed by atoms with Crippen LogP contribution in [0.1, 0.15) is 22.7 Å². The van der Waals surface area contributed by atoms with Crippen LogP contribution in [0.4, 0.5) is 8.78 Å². The molecule has 0 amide bonds. The summed E-state index contributed by atoms with van der Waals surface area (Å²) in [5, 5.41) is 0. The van der Waals surface area contributed by atoms with Crippen molar-refractivity contribution in [3.63, 3.8) is 0 Å². The molecule has 2 aromatic carbocycles. The third-order valence-corrected chi connectivity index (χ3v) is 3.85. The molecular weight excluding hydrogens is 326 g/mol. The molecule has 0 aromatic heterocycles. The van der Waals surface area contributed by atoms with E-state index in [1.165, 1.54) is 24.3 Å². The first kappa shape index (κ1) is 15.1. The van der Waals surface area contributed by atoms with Crippen LogP contribution < -0.4 is 11.3 Å². The Morgan fingerprint density at radius 2 is 1.90 bits per heavy atom. The second-order valence-corrected chi connectivity index (χ2v) is 5.58. The van der Waals surface area contributed by atoms with Crippen LogP contribution >= 0.6 is 15.9 Å². The molecule has 0 fully saturated rings. The van der Waals surface area contributed by atoms with Gasteiger partial charge < -0.3 is 0 Å². The fourth-order valence-electron chi connectivity index (χ4n) is 2.15. The smallest absolute Gasteiger partial charge is 0.124 e. The van der Waals surface area contributed by atoms with Gasteiger partial charge in [0.05, 0.1) is 6.04 Å². The van der Waals surface area contributed by atoms with Crippen LogP contribution in [-0.2, 0) is 6.42 Å².